The number of hydrogen-bond donors (Lipinski definition) is 2. The first kappa shape index (κ1) is 21.8. The predicted molar refractivity (Wildman–Crippen MR) is 111 cm³/mol. The largest absolute Gasteiger partial charge is 0.326 e. The van der Waals surface area contributed by atoms with Gasteiger partial charge < -0.3 is 5.32 Å². The third-order valence-corrected chi connectivity index (χ3v) is 5.75. The number of carbonyl (C=O) groups is 1. The van der Waals surface area contributed by atoms with Crippen molar-refractivity contribution in [3.8, 4) is 0 Å². The van der Waals surface area contributed by atoms with Gasteiger partial charge in [0.05, 0.1) is 4.90 Å². The molecule has 1 amide bonds. The van der Waals surface area contributed by atoms with E-state index < -0.39 is 10.0 Å². The van der Waals surface area contributed by atoms with Crippen LogP contribution in [-0.2, 0) is 14.8 Å². The van der Waals surface area contributed by atoms with Gasteiger partial charge in [0.15, 0.2) is 0 Å². The van der Waals surface area contributed by atoms with Crippen LogP contribution in [0.1, 0.15) is 50.9 Å². The van der Waals surface area contributed by atoms with E-state index in [0.717, 1.165) is 25.7 Å². The van der Waals surface area contributed by atoms with Gasteiger partial charge in [0, 0.05) is 23.0 Å². The monoisotopic (exact) mass is 404 g/mol. The summed E-state index contributed by atoms with van der Waals surface area (Å²) in [4.78, 5) is 20.6. The van der Waals surface area contributed by atoms with E-state index in [2.05, 4.69) is 26.9 Å². The molecule has 0 aliphatic heterocycles. The Morgan fingerprint density at radius 1 is 1.07 bits per heavy atom. The molecular weight excluding hydrogens is 376 g/mol. The smallest absolute Gasteiger partial charge is 0.264 e. The van der Waals surface area contributed by atoms with Crippen LogP contribution in [0.15, 0.2) is 35.2 Å². The molecule has 7 nitrogen and oxygen atoms in total. The van der Waals surface area contributed by atoms with Gasteiger partial charge in [0.25, 0.3) is 10.0 Å². The molecule has 0 spiro atoms. The van der Waals surface area contributed by atoms with Crippen molar-refractivity contribution >= 4 is 27.6 Å². The molecule has 8 heteroatoms. The number of carbonyl (C=O) groups excluding carboxylic acids is 1. The van der Waals surface area contributed by atoms with Crippen LogP contribution in [0.5, 0.6) is 0 Å². The first-order chi connectivity index (χ1) is 13.2. The topological polar surface area (TPSA) is 101 Å². The molecule has 2 N–H and O–H groups in total. The third-order valence-electron chi connectivity index (χ3n) is 4.41. The molecule has 0 aliphatic carbocycles. The highest BCUT2D eigenvalue weighted by Crippen LogP contribution is 2.19. The van der Waals surface area contributed by atoms with Crippen molar-refractivity contribution in [3.63, 3.8) is 0 Å². The summed E-state index contributed by atoms with van der Waals surface area (Å²) in [7, 11) is -3.81. The van der Waals surface area contributed by atoms with Crippen molar-refractivity contribution in [2.24, 2.45) is 5.92 Å². The number of amides is 1. The van der Waals surface area contributed by atoms with E-state index in [-0.39, 0.29) is 22.7 Å². The van der Waals surface area contributed by atoms with E-state index >= 15 is 0 Å². The molecular formula is C20H28N4O3S. The standard InChI is InChI=1S/C20H28N4O3S/c1-5-7-8-16(6-2)19(25)23-17-9-11-18(12-10-17)28(26,27)24-20-21-14(3)13-15(4)22-20/h9-13,16H,5-8H2,1-4H3,(H,23,25)(H,21,22,24)/t16-/m1/s1. The maximum atomic E-state index is 12.6. The first-order valence-corrected chi connectivity index (χ1v) is 11.0. The molecule has 1 heterocycles. The molecule has 0 unspecified atom stereocenters. The lowest BCUT2D eigenvalue weighted by Gasteiger charge is -2.15. The average molecular weight is 405 g/mol. The highest BCUT2D eigenvalue weighted by molar-refractivity contribution is 7.92. The Labute approximate surface area is 167 Å². The highest BCUT2D eigenvalue weighted by Gasteiger charge is 2.18. The van der Waals surface area contributed by atoms with Crippen molar-refractivity contribution in [2.45, 2.75) is 58.3 Å². The fraction of sp³-hybridized carbons (Fsp3) is 0.450. The zero-order valence-corrected chi connectivity index (χ0v) is 17.6. The van der Waals surface area contributed by atoms with Gasteiger partial charge in [-0.1, -0.05) is 26.7 Å². The molecule has 2 rings (SSSR count). The van der Waals surface area contributed by atoms with Crippen molar-refractivity contribution in [3.05, 3.63) is 41.7 Å². The SMILES string of the molecule is CCCC[C@@H](CC)C(=O)Nc1ccc(S(=O)(=O)Nc2nc(C)cc(C)n2)cc1. The molecule has 1 aromatic carbocycles. The zero-order chi connectivity index (χ0) is 20.7. The van der Waals surface area contributed by atoms with Crippen LogP contribution in [0.3, 0.4) is 0 Å². The van der Waals surface area contributed by atoms with Crippen LogP contribution in [0.2, 0.25) is 0 Å². The average Bonchev–Trinajstić information content (AvgIpc) is 2.61. The lowest BCUT2D eigenvalue weighted by molar-refractivity contribution is -0.120. The molecule has 1 aromatic heterocycles. The first-order valence-electron chi connectivity index (χ1n) is 9.51. The molecule has 0 aliphatic rings. The number of aryl methyl sites for hydroxylation is 2. The Balaban J connectivity index is 2.09. The van der Waals surface area contributed by atoms with Gasteiger partial charge in [-0.3, -0.25) is 4.79 Å². The molecule has 1 atom stereocenters. The van der Waals surface area contributed by atoms with E-state index in [1.165, 1.54) is 12.1 Å². The predicted octanol–water partition coefficient (Wildman–Crippen LogP) is 4.05. The minimum Gasteiger partial charge on any atom is -0.326 e. The van der Waals surface area contributed by atoms with Crippen LogP contribution < -0.4 is 10.0 Å². The highest BCUT2D eigenvalue weighted by atomic mass is 32.2. The van der Waals surface area contributed by atoms with E-state index in [0.29, 0.717) is 17.1 Å². The summed E-state index contributed by atoms with van der Waals surface area (Å²) in [5.74, 6) is -0.0309. The number of sulfonamides is 1. The molecule has 152 valence electrons. The van der Waals surface area contributed by atoms with Crippen LogP contribution in [0.25, 0.3) is 0 Å². The molecule has 0 radical (unpaired) electrons. The van der Waals surface area contributed by atoms with Gasteiger partial charge in [-0.05, 0) is 57.0 Å². The second-order valence-electron chi connectivity index (χ2n) is 6.84. The number of hydrogen-bond acceptors (Lipinski definition) is 5. The van der Waals surface area contributed by atoms with E-state index in [1.54, 1.807) is 32.0 Å². The summed E-state index contributed by atoms with van der Waals surface area (Å²) >= 11 is 0. The number of nitrogens with one attached hydrogen (secondary N) is 2. The summed E-state index contributed by atoms with van der Waals surface area (Å²) in [6, 6.07) is 7.84. The Kier molecular flexibility index (Phi) is 7.51. The third kappa shape index (κ3) is 6.02. The molecule has 0 saturated heterocycles. The molecule has 0 bridgehead atoms. The second kappa shape index (κ2) is 9.64. The van der Waals surface area contributed by atoms with Gasteiger partial charge >= 0.3 is 0 Å². The lowest BCUT2D eigenvalue weighted by atomic mass is 9.98. The van der Waals surface area contributed by atoms with Crippen LogP contribution in [0, 0.1) is 19.8 Å². The van der Waals surface area contributed by atoms with Crippen molar-refractivity contribution in [1.29, 1.82) is 0 Å². The lowest BCUT2D eigenvalue weighted by Crippen LogP contribution is -2.22. The number of nitrogens with zero attached hydrogens (tertiary/aromatic N) is 2. The fourth-order valence-electron chi connectivity index (χ4n) is 2.88. The summed E-state index contributed by atoms with van der Waals surface area (Å²) < 4.78 is 27.5. The van der Waals surface area contributed by atoms with Gasteiger partial charge in [-0.25, -0.2) is 23.1 Å². The number of anilines is 2. The Bertz CT molecular complexity index is 891. The van der Waals surface area contributed by atoms with E-state index in [9.17, 15) is 13.2 Å². The quantitative estimate of drug-likeness (QED) is 0.656. The fourth-order valence-corrected chi connectivity index (χ4v) is 3.83. The summed E-state index contributed by atoms with van der Waals surface area (Å²) in [5, 5.41) is 2.87. The molecule has 0 saturated carbocycles. The maximum Gasteiger partial charge on any atom is 0.264 e. The van der Waals surface area contributed by atoms with Crippen LogP contribution in [-0.4, -0.2) is 24.3 Å². The summed E-state index contributed by atoms with van der Waals surface area (Å²) in [6.07, 6.45) is 3.69. The molecule has 2 aromatic rings. The van der Waals surface area contributed by atoms with E-state index in [1.807, 2.05) is 6.92 Å². The Morgan fingerprint density at radius 3 is 2.21 bits per heavy atom. The van der Waals surface area contributed by atoms with E-state index in [4.69, 9.17) is 0 Å². The number of rotatable bonds is 9. The van der Waals surface area contributed by atoms with Crippen LogP contribution in [0.4, 0.5) is 11.6 Å². The minimum absolute atomic E-state index is 0.0340. The zero-order valence-electron chi connectivity index (χ0n) is 16.8. The van der Waals surface area contributed by atoms with Crippen LogP contribution >= 0.6 is 0 Å². The molecule has 0 fully saturated rings. The minimum atomic E-state index is -3.81. The summed E-state index contributed by atoms with van der Waals surface area (Å²) in [6.45, 7) is 7.64. The van der Waals surface area contributed by atoms with Crippen molar-refractivity contribution in [1.82, 2.24) is 9.97 Å². The second-order valence-corrected chi connectivity index (χ2v) is 8.52. The normalized spacial score (nSPS) is 12.4. The maximum absolute atomic E-state index is 12.6. The number of aromatic nitrogens is 2. The van der Waals surface area contributed by atoms with Crippen molar-refractivity contribution < 1.29 is 13.2 Å². The molecule has 28 heavy (non-hydrogen) atoms. The van der Waals surface area contributed by atoms with Gasteiger partial charge in [-0.2, -0.15) is 0 Å². The van der Waals surface area contributed by atoms with Crippen molar-refractivity contribution in [2.75, 3.05) is 10.0 Å². The van der Waals surface area contributed by atoms with Gasteiger partial charge in [0.2, 0.25) is 11.9 Å². The summed E-state index contributed by atoms with van der Waals surface area (Å²) in [5.41, 5.74) is 1.93. The number of benzene rings is 1. The van der Waals surface area contributed by atoms with Gasteiger partial charge in [-0.15, -0.1) is 0 Å². The number of unbranched alkanes of at least 4 members (excludes halogenated alkanes) is 1. The van der Waals surface area contributed by atoms with Gasteiger partial charge in [0.1, 0.15) is 0 Å². The Hall–Kier alpha value is -2.48. The Morgan fingerprint density at radius 2 is 1.68 bits per heavy atom.